The van der Waals surface area contributed by atoms with E-state index in [1.54, 1.807) is 0 Å². The molecule has 0 radical (unpaired) electrons. The molecule has 0 bridgehead atoms. The standard InChI is InChI=1S/C11H12O/c12-9-5-3-7-11-6-2-1-4-8(11)10(9)11/h1-2,4,6,8,10H,3,5,7H2. The number of ketones is 1. The van der Waals surface area contributed by atoms with Crippen LogP contribution >= 0.6 is 0 Å². The summed E-state index contributed by atoms with van der Waals surface area (Å²) in [5.74, 6) is 1.43. The van der Waals surface area contributed by atoms with E-state index in [1.165, 1.54) is 6.42 Å². The molecule has 1 spiro atoms. The number of hydrogen-bond acceptors (Lipinski definition) is 1. The summed E-state index contributed by atoms with van der Waals surface area (Å²) in [6.45, 7) is 0. The summed E-state index contributed by atoms with van der Waals surface area (Å²) in [7, 11) is 0. The summed E-state index contributed by atoms with van der Waals surface area (Å²) in [6.07, 6.45) is 11.8. The second-order valence-corrected chi connectivity index (χ2v) is 4.18. The maximum atomic E-state index is 11.5. The van der Waals surface area contributed by atoms with Crippen molar-refractivity contribution < 1.29 is 4.79 Å². The number of carbonyl (C=O) groups is 1. The van der Waals surface area contributed by atoms with Crippen LogP contribution in [-0.2, 0) is 4.79 Å². The summed E-state index contributed by atoms with van der Waals surface area (Å²) in [6, 6.07) is 0. The van der Waals surface area contributed by atoms with Gasteiger partial charge in [0.25, 0.3) is 0 Å². The van der Waals surface area contributed by atoms with Gasteiger partial charge in [0.1, 0.15) is 5.78 Å². The van der Waals surface area contributed by atoms with Gasteiger partial charge in [-0.1, -0.05) is 24.3 Å². The second-order valence-electron chi connectivity index (χ2n) is 4.18. The molecule has 0 aromatic carbocycles. The van der Waals surface area contributed by atoms with Crippen molar-refractivity contribution in [3.8, 4) is 0 Å². The monoisotopic (exact) mass is 160 g/mol. The van der Waals surface area contributed by atoms with E-state index in [1.807, 2.05) is 0 Å². The average molecular weight is 160 g/mol. The Balaban J connectivity index is 2.02. The van der Waals surface area contributed by atoms with Crippen LogP contribution in [0.2, 0.25) is 0 Å². The van der Waals surface area contributed by atoms with Gasteiger partial charge in [0, 0.05) is 17.8 Å². The molecular formula is C11H12O. The van der Waals surface area contributed by atoms with Gasteiger partial charge in [-0.05, 0) is 18.8 Å². The van der Waals surface area contributed by atoms with Gasteiger partial charge in [0.15, 0.2) is 0 Å². The summed E-state index contributed by atoms with van der Waals surface area (Å²) in [4.78, 5) is 11.5. The molecule has 0 N–H and O–H groups in total. The van der Waals surface area contributed by atoms with Crippen LogP contribution in [0.4, 0.5) is 0 Å². The summed E-state index contributed by atoms with van der Waals surface area (Å²) < 4.78 is 0. The van der Waals surface area contributed by atoms with Crippen LogP contribution in [0.25, 0.3) is 0 Å². The van der Waals surface area contributed by atoms with Gasteiger partial charge in [-0.2, -0.15) is 0 Å². The smallest absolute Gasteiger partial charge is 0.137 e. The fourth-order valence-electron chi connectivity index (χ4n) is 3.04. The van der Waals surface area contributed by atoms with Gasteiger partial charge in [-0.15, -0.1) is 0 Å². The SMILES string of the molecule is O=C1CCCC23C=CC=CC2C13. The average Bonchev–Trinajstić information content (AvgIpc) is 2.74. The highest BCUT2D eigenvalue weighted by Gasteiger charge is 2.65. The predicted octanol–water partition coefficient (Wildman–Crippen LogP) is 2.10. The number of carbonyl (C=O) groups excluding carboxylic acids is 1. The molecule has 0 aromatic heterocycles. The first-order valence-corrected chi connectivity index (χ1v) is 4.73. The van der Waals surface area contributed by atoms with Gasteiger partial charge in [0.2, 0.25) is 0 Å². The van der Waals surface area contributed by atoms with Gasteiger partial charge < -0.3 is 0 Å². The van der Waals surface area contributed by atoms with E-state index < -0.39 is 0 Å². The molecule has 3 aliphatic carbocycles. The Hall–Kier alpha value is -0.850. The fraction of sp³-hybridized carbons (Fsp3) is 0.545. The van der Waals surface area contributed by atoms with Crippen molar-refractivity contribution in [2.24, 2.45) is 17.3 Å². The van der Waals surface area contributed by atoms with Crippen LogP contribution in [0.5, 0.6) is 0 Å². The molecule has 12 heavy (non-hydrogen) atoms. The molecule has 3 aliphatic rings. The fourth-order valence-corrected chi connectivity index (χ4v) is 3.04. The lowest BCUT2D eigenvalue weighted by Crippen LogP contribution is -2.15. The summed E-state index contributed by atoms with van der Waals surface area (Å²) in [5, 5.41) is 0. The van der Waals surface area contributed by atoms with Crippen molar-refractivity contribution in [1.29, 1.82) is 0 Å². The predicted molar refractivity (Wildman–Crippen MR) is 46.6 cm³/mol. The van der Waals surface area contributed by atoms with Crippen molar-refractivity contribution in [3.05, 3.63) is 24.3 Å². The lowest BCUT2D eigenvalue weighted by atomic mass is 9.86. The third kappa shape index (κ3) is 0.588. The minimum absolute atomic E-state index is 0.296. The van der Waals surface area contributed by atoms with E-state index in [4.69, 9.17) is 0 Å². The third-order valence-corrected chi connectivity index (χ3v) is 3.67. The van der Waals surface area contributed by atoms with Gasteiger partial charge >= 0.3 is 0 Å². The number of allylic oxidation sites excluding steroid dienone is 4. The van der Waals surface area contributed by atoms with Gasteiger partial charge in [-0.3, -0.25) is 4.79 Å². The van der Waals surface area contributed by atoms with Gasteiger partial charge in [0.05, 0.1) is 0 Å². The Labute approximate surface area is 72.2 Å². The third-order valence-electron chi connectivity index (χ3n) is 3.67. The molecular weight excluding hydrogens is 148 g/mol. The highest BCUT2D eigenvalue weighted by atomic mass is 16.1. The zero-order chi connectivity index (χ0) is 8.18. The van der Waals surface area contributed by atoms with Crippen LogP contribution in [0.15, 0.2) is 24.3 Å². The van der Waals surface area contributed by atoms with Crippen molar-refractivity contribution in [1.82, 2.24) is 0 Å². The number of fused-ring (bicyclic) bond motifs is 1. The Morgan fingerprint density at radius 2 is 2.33 bits per heavy atom. The topological polar surface area (TPSA) is 17.1 Å². The lowest BCUT2D eigenvalue weighted by molar-refractivity contribution is -0.122. The molecule has 3 rings (SSSR count). The molecule has 62 valence electrons. The van der Waals surface area contributed by atoms with E-state index in [0.717, 1.165) is 12.8 Å². The van der Waals surface area contributed by atoms with Crippen LogP contribution in [0.3, 0.4) is 0 Å². The van der Waals surface area contributed by atoms with Crippen molar-refractivity contribution in [3.63, 3.8) is 0 Å². The number of Topliss-reactive ketones (excluding diaryl/α,β-unsaturated/α-hetero) is 1. The largest absolute Gasteiger partial charge is 0.299 e. The molecule has 0 aromatic rings. The zero-order valence-corrected chi connectivity index (χ0v) is 6.99. The normalized spacial score (nSPS) is 48.5. The van der Waals surface area contributed by atoms with Crippen molar-refractivity contribution in [2.45, 2.75) is 19.3 Å². The molecule has 3 atom stereocenters. The first-order valence-electron chi connectivity index (χ1n) is 4.73. The molecule has 0 saturated heterocycles. The number of rotatable bonds is 0. The van der Waals surface area contributed by atoms with E-state index in [9.17, 15) is 4.79 Å². The van der Waals surface area contributed by atoms with E-state index in [2.05, 4.69) is 24.3 Å². The van der Waals surface area contributed by atoms with Crippen LogP contribution in [0.1, 0.15) is 19.3 Å². The lowest BCUT2D eigenvalue weighted by Gasteiger charge is -2.17. The number of hydrogen-bond donors (Lipinski definition) is 0. The van der Waals surface area contributed by atoms with E-state index in [0.29, 0.717) is 23.0 Å². The van der Waals surface area contributed by atoms with Crippen molar-refractivity contribution >= 4 is 5.78 Å². The van der Waals surface area contributed by atoms with Crippen molar-refractivity contribution in [2.75, 3.05) is 0 Å². The minimum atomic E-state index is 0.296. The maximum absolute atomic E-state index is 11.5. The quantitative estimate of drug-likeness (QED) is 0.530. The van der Waals surface area contributed by atoms with E-state index >= 15 is 0 Å². The molecule has 3 unspecified atom stereocenters. The van der Waals surface area contributed by atoms with Crippen LogP contribution in [0, 0.1) is 17.3 Å². The first kappa shape index (κ1) is 6.64. The molecule has 0 amide bonds. The molecule has 2 saturated carbocycles. The Kier molecular flexibility index (Phi) is 1.05. The molecule has 0 aliphatic heterocycles. The Bertz CT molecular complexity index is 300. The Morgan fingerprint density at radius 1 is 1.42 bits per heavy atom. The first-order chi connectivity index (χ1) is 5.84. The molecule has 0 heterocycles. The maximum Gasteiger partial charge on any atom is 0.137 e. The summed E-state index contributed by atoms with van der Waals surface area (Å²) >= 11 is 0. The minimum Gasteiger partial charge on any atom is -0.299 e. The van der Waals surface area contributed by atoms with Crippen LogP contribution < -0.4 is 0 Å². The Morgan fingerprint density at radius 3 is 3.25 bits per heavy atom. The highest BCUT2D eigenvalue weighted by Crippen LogP contribution is 2.67. The highest BCUT2D eigenvalue weighted by molar-refractivity contribution is 5.87. The molecule has 1 heteroatoms. The van der Waals surface area contributed by atoms with Gasteiger partial charge in [-0.25, -0.2) is 0 Å². The van der Waals surface area contributed by atoms with E-state index in [-0.39, 0.29) is 0 Å². The summed E-state index contributed by atoms with van der Waals surface area (Å²) in [5.41, 5.74) is 0.296. The molecule has 1 nitrogen and oxygen atoms in total. The second kappa shape index (κ2) is 1.90. The zero-order valence-electron chi connectivity index (χ0n) is 6.99. The van der Waals surface area contributed by atoms with Crippen LogP contribution in [-0.4, -0.2) is 5.78 Å². The molecule has 2 fully saturated rings.